The van der Waals surface area contributed by atoms with Crippen molar-refractivity contribution in [2.45, 2.75) is 0 Å². The summed E-state index contributed by atoms with van der Waals surface area (Å²) in [6, 6.07) is 21.2. The molecule has 87 valence electrons. The summed E-state index contributed by atoms with van der Waals surface area (Å²) in [7, 11) is -0.520. The normalized spacial score (nSPS) is 16.3. The molecule has 0 aromatic heterocycles. The van der Waals surface area contributed by atoms with Crippen molar-refractivity contribution < 1.29 is 0 Å². The molecule has 1 aliphatic heterocycles. The van der Waals surface area contributed by atoms with Crippen LogP contribution >= 0.6 is 7.92 Å². The highest BCUT2D eigenvalue weighted by molar-refractivity contribution is 7.75. The molecule has 0 unspecified atom stereocenters. The van der Waals surface area contributed by atoms with Crippen LogP contribution in [0.5, 0.6) is 0 Å². The summed E-state index contributed by atoms with van der Waals surface area (Å²) in [5, 5.41) is 7.19. The topological polar surface area (TPSA) is 14.1 Å². The zero-order valence-electron chi connectivity index (χ0n) is 9.90. The molecule has 0 N–H and O–H groups in total. The van der Waals surface area contributed by atoms with Crippen molar-refractivity contribution in [3.05, 3.63) is 85.8 Å². The van der Waals surface area contributed by atoms with Crippen molar-refractivity contribution in [2.24, 2.45) is 0 Å². The van der Waals surface area contributed by atoms with Gasteiger partial charge in [-0.05, 0) is 31.4 Å². The monoisotopic (exact) mass is 250 g/mol. The Balaban J connectivity index is 1.98. The third-order valence-corrected chi connectivity index (χ3v) is 5.15. The Morgan fingerprint density at radius 3 is 1.72 bits per heavy atom. The van der Waals surface area contributed by atoms with E-state index in [1.165, 1.54) is 16.4 Å². The van der Waals surface area contributed by atoms with Gasteiger partial charge in [0.25, 0.3) is 0 Å². The molecular weight excluding hydrogens is 237 g/mol. The SMILES string of the molecule is [CH]1[CH][N][C](P(c2ccccc2)c2ccccc2)[CH]1. The minimum absolute atomic E-state index is 0.520. The van der Waals surface area contributed by atoms with Crippen molar-refractivity contribution in [3.8, 4) is 0 Å². The lowest BCUT2D eigenvalue weighted by Crippen LogP contribution is -2.18. The zero-order chi connectivity index (χ0) is 12.2. The predicted octanol–water partition coefficient (Wildman–Crippen LogP) is 2.80. The second-order valence-corrected chi connectivity index (χ2v) is 6.16. The molecule has 0 bridgehead atoms. The van der Waals surface area contributed by atoms with E-state index in [9.17, 15) is 0 Å². The maximum Gasteiger partial charge on any atom is 0.0916 e. The second kappa shape index (κ2) is 5.65. The first-order valence-electron chi connectivity index (χ1n) is 5.93. The van der Waals surface area contributed by atoms with Crippen LogP contribution in [0.4, 0.5) is 0 Å². The molecule has 1 heterocycles. The van der Waals surface area contributed by atoms with Crippen LogP contribution in [-0.2, 0) is 0 Å². The van der Waals surface area contributed by atoms with Crippen LogP contribution in [0.1, 0.15) is 0 Å². The third kappa shape index (κ3) is 2.48. The molecule has 0 atom stereocenters. The number of hydrogen-bond acceptors (Lipinski definition) is 0. The molecule has 1 aliphatic rings. The van der Waals surface area contributed by atoms with Crippen molar-refractivity contribution in [1.82, 2.24) is 5.32 Å². The van der Waals surface area contributed by atoms with E-state index in [0.29, 0.717) is 0 Å². The summed E-state index contributed by atoms with van der Waals surface area (Å²) >= 11 is 0. The maximum absolute atomic E-state index is 4.50. The number of benzene rings is 2. The number of nitrogens with zero attached hydrogens (tertiary/aromatic N) is 1. The molecule has 5 radical (unpaired) electrons. The fraction of sp³-hybridized carbons (Fsp3) is 0. The van der Waals surface area contributed by atoms with E-state index in [2.05, 4.69) is 72.4 Å². The third-order valence-electron chi connectivity index (χ3n) is 2.80. The van der Waals surface area contributed by atoms with Crippen LogP contribution in [0.15, 0.2) is 60.7 Å². The Bertz CT molecular complexity index is 437. The minimum atomic E-state index is -0.520. The lowest BCUT2D eigenvalue weighted by atomic mass is 10.4. The van der Waals surface area contributed by atoms with Crippen LogP contribution in [0.3, 0.4) is 0 Å². The van der Waals surface area contributed by atoms with Gasteiger partial charge in [-0.25, -0.2) is 5.32 Å². The average molecular weight is 250 g/mol. The van der Waals surface area contributed by atoms with E-state index in [1.807, 2.05) is 13.0 Å². The van der Waals surface area contributed by atoms with Crippen LogP contribution in [-0.4, -0.2) is 0 Å². The molecule has 1 saturated heterocycles. The van der Waals surface area contributed by atoms with E-state index in [-0.39, 0.29) is 0 Å². The summed E-state index contributed by atoms with van der Waals surface area (Å²) in [5.74, 6) is 1.17. The van der Waals surface area contributed by atoms with Gasteiger partial charge in [0.2, 0.25) is 0 Å². The summed E-state index contributed by atoms with van der Waals surface area (Å²) in [5.41, 5.74) is 0. The van der Waals surface area contributed by atoms with Crippen LogP contribution in [0.2, 0.25) is 0 Å². The molecule has 0 aliphatic carbocycles. The van der Waals surface area contributed by atoms with E-state index >= 15 is 0 Å². The van der Waals surface area contributed by atoms with Gasteiger partial charge in [0.05, 0.1) is 5.78 Å². The molecule has 3 rings (SSSR count). The van der Waals surface area contributed by atoms with Gasteiger partial charge in [0.1, 0.15) is 0 Å². The molecule has 0 saturated carbocycles. The molecule has 1 fully saturated rings. The molecule has 2 heteroatoms. The Labute approximate surface area is 110 Å². The molecule has 2 aromatic rings. The van der Waals surface area contributed by atoms with Gasteiger partial charge in [-0.2, -0.15) is 0 Å². The molecule has 2 aromatic carbocycles. The minimum Gasteiger partial charge on any atom is -0.222 e. The van der Waals surface area contributed by atoms with E-state index in [1.54, 1.807) is 0 Å². The summed E-state index contributed by atoms with van der Waals surface area (Å²) in [4.78, 5) is 0. The maximum atomic E-state index is 4.50. The van der Waals surface area contributed by atoms with Gasteiger partial charge in [0.15, 0.2) is 0 Å². The highest BCUT2D eigenvalue weighted by Gasteiger charge is 2.29. The Morgan fingerprint density at radius 1 is 0.722 bits per heavy atom. The fourth-order valence-corrected chi connectivity index (χ4v) is 4.18. The summed E-state index contributed by atoms with van der Waals surface area (Å²) in [6.45, 7) is 1.87. The van der Waals surface area contributed by atoms with Gasteiger partial charge in [-0.1, -0.05) is 60.7 Å². The van der Waals surface area contributed by atoms with Crippen molar-refractivity contribution in [1.29, 1.82) is 0 Å². The Morgan fingerprint density at radius 2 is 1.28 bits per heavy atom. The van der Waals surface area contributed by atoms with Gasteiger partial charge >= 0.3 is 0 Å². The number of hydrogen-bond donors (Lipinski definition) is 0. The van der Waals surface area contributed by atoms with Gasteiger partial charge in [-0.3, -0.25) is 0 Å². The van der Waals surface area contributed by atoms with E-state index < -0.39 is 7.92 Å². The first-order chi connectivity index (χ1) is 8.95. The van der Waals surface area contributed by atoms with Crippen LogP contribution < -0.4 is 15.9 Å². The second-order valence-electron chi connectivity index (χ2n) is 4.00. The molecule has 1 nitrogen and oxygen atoms in total. The fourth-order valence-electron chi connectivity index (χ4n) is 1.99. The van der Waals surface area contributed by atoms with Gasteiger partial charge < -0.3 is 0 Å². The average Bonchev–Trinajstić information content (AvgIpc) is 2.95. The molecular formula is C16H13NP. The summed E-state index contributed by atoms with van der Waals surface area (Å²) in [6.07, 6.45) is 4.13. The Kier molecular flexibility index (Phi) is 3.73. The van der Waals surface area contributed by atoms with Gasteiger partial charge in [-0.15, -0.1) is 0 Å². The predicted molar refractivity (Wildman–Crippen MR) is 77.3 cm³/mol. The lowest BCUT2D eigenvalue weighted by Gasteiger charge is -2.23. The van der Waals surface area contributed by atoms with Crippen LogP contribution in [0.25, 0.3) is 0 Å². The Hall–Kier alpha value is -1.17. The van der Waals surface area contributed by atoms with E-state index in [0.717, 1.165) is 0 Å². The first kappa shape index (κ1) is 11.9. The lowest BCUT2D eigenvalue weighted by molar-refractivity contribution is 1.02. The van der Waals surface area contributed by atoms with Crippen molar-refractivity contribution >= 4 is 18.5 Å². The number of rotatable bonds is 3. The highest BCUT2D eigenvalue weighted by Crippen LogP contribution is 2.48. The standard InChI is InChI=1S/C16H13NP/c1-3-8-14(9-4-1)18(16-12-7-13-17-16)15-10-5-2-6-11-15/h1-13H. The molecule has 18 heavy (non-hydrogen) atoms. The van der Waals surface area contributed by atoms with Gasteiger partial charge in [0, 0.05) is 6.54 Å². The first-order valence-corrected chi connectivity index (χ1v) is 7.27. The van der Waals surface area contributed by atoms with E-state index in [4.69, 9.17) is 0 Å². The molecule has 0 amide bonds. The largest absolute Gasteiger partial charge is 0.222 e. The van der Waals surface area contributed by atoms with Crippen molar-refractivity contribution in [2.75, 3.05) is 0 Å². The smallest absolute Gasteiger partial charge is 0.0916 e. The summed E-state index contributed by atoms with van der Waals surface area (Å²) < 4.78 is 0. The molecule has 0 spiro atoms. The zero-order valence-corrected chi connectivity index (χ0v) is 10.8. The highest BCUT2D eigenvalue weighted by atomic mass is 31.1. The quantitative estimate of drug-likeness (QED) is 0.744. The van der Waals surface area contributed by atoms with Crippen LogP contribution in [0, 0.1) is 25.2 Å². The van der Waals surface area contributed by atoms with Crippen molar-refractivity contribution in [3.63, 3.8) is 0 Å².